The molecule has 0 spiro atoms. The van der Waals surface area contributed by atoms with Crippen molar-refractivity contribution in [2.24, 2.45) is 13.0 Å². The van der Waals surface area contributed by atoms with E-state index >= 15 is 0 Å². The van der Waals surface area contributed by atoms with Gasteiger partial charge in [0.1, 0.15) is 0 Å². The molecule has 1 aromatic heterocycles. The van der Waals surface area contributed by atoms with Gasteiger partial charge in [0.2, 0.25) is 5.91 Å². The number of amides is 2. The van der Waals surface area contributed by atoms with Crippen LogP contribution in [0.1, 0.15) is 60.5 Å². The van der Waals surface area contributed by atoms with Crippen LogP contribution in [0.2, 0.25) is 5.02 Å². The number of hydrogen-bond donors (Lipinski definition) is 2. The summed E-state index contributed by atoms with van der Waals surface area (Å²) in [5.41, 5.74) is 3.43. The van der Waals surface area contributed by atoms with Crippen LogP contribution in [0.3, 0.4) is 0 Å². The second-order valence-electron chi connectivity index (χ2n) is 8.83. The molecule has 0 aliphatic carbocycles. The topological polar surface area (TPSA) is 88.9 Å². The normalized spacial score (nSPS) is 12.0. The molecule has 3 aromatic rings. The molecule has 3 rings (SSSR count). The molecule has 2 aromatic carbocycles. The van der Waals surface area contributed by atoms with Gasteiger partial charge in [-0.15, -0.1) is 10.2 Å². The lowest BCUT2D eigenvalue weighted by Crippen LogP contribution is -2.31. The van der Waals surface area contributed by atoms with Crippen LogP contribution in [-0.2, 0) is 18.3 Å². The number of aryl methyl sites for hydroxylation is 2. The van der Waals surface area contributed by atoms with Crippen molar-refractivity contribution in [1.82, 2.24) is 20.1 Å². The van der Waals surface area contributed by atoms with Crippen LogP contribution >= 0.6 is 23.4 Å². The summed E-state index contributed by atoms with van der Waals surface area (Å²) >= 11 is 7.52. The summed E-state index contributed by atoms with van der Waals surface area (Å²) in [6.07, 6.45) is 1.52. The summed E-state index contributed by atoms with van der Waals surface area (Å²) in [5.74, 6) is 0.780. The van der Waals surface area contributed by atoms with Gasteiger partial charge < -0.3 is 15.2 Å². The van der Waals surface area contributed by atoms with E-state index in [1.165, 1.54) is 11.8 Å². The van der Waals surface area contributed by atoms with Crippen molar-refractivity contribution in [3.63, 3.8) is 0 Å². The highest BCUT2D eigenvalue weighted by atomic mass is 35.5. The molecule has 35 heavy (non-hydrogen) atoms. The number of carbonyl (C=O) groups is 2. The number of nitrogens with one attached hydrogen (secondary N) is 2. The number of halogens is 1. The van der Waals surface area contributed by atoms with Gasteiger partial charge in [-0.05, 0) is 48.9 Å². The smallest absolute Gasteiger partial charge is 0.253 e. The number of rotatable bonds is 10. The molecule has 0 aliphatic heterocycles. The molecule has 0 saturated carbocycles. The van der Waals surface area contributed by atoms with E-state index in [4.69, 9.17) is 11.6 Å². The summed E-state index contributed by atoms with van der Waals surface area (Å²) in [7, 11) is 1.85. The zero-order chi connectivity index (χ0) is 25.5. The third kappa shape index (κ3) is 6.86. The van der Waals surface area contributed by atoms with Gasteiger partial charge in [-0.3, -0.25) is 9.59 Å². The third-order valence-electron chi connectivity index (χ3n) is 5.65. The van der Waals surface area contributed by atoms with Crippen LogP contribution < -0.4 is 10.6 Å². The third-order valence-corrected chi connectivity index (χ3v) is 7.00. The number of thioether (sulfide) groups is 1. The number of carbonyl (C=O) groups excluding carboxylic acids is 2. The average Bonchev–Trinajstić information content (AvgIpc) is 3.18. The Morgan fingerprint density at radius 2 is 1.86 bits per heavy atom. The van der Waals surface area contributed by atoms with Crippen LogP contribution in [0.25, 0.3) is 0 Å². The summed E-state index contributed by atoms with van der Waals surface area (Å²) in [4.78, 5) is 25.6. The zero-order valence-corrected chi connectivity index (χ0v) is 22.3. The van der Waals surface area contributed by atoms with Gasteiger partial charge in [0, 0.05) is 12.7 Å². The van der Waals surface area contributed by atoms with Crippen molar-refractivity contribution < 1.29 is 9.59 Å². The molecule has 1 atom stereocenters. The maximum atomic E-state index is 12.9. The maximum absolute atomic E-state index is 12.9. The standard InChI is InChI=1S/C26H32ClN5O2S/c1-6-18-11-9-10-17(4)23(18)29-22(33)15-35-26-31-30-24(32(26)5)21(14-16(2)3)28-25(34)19-12-7-8-13-20(19)27/h7-13,16,21H,6,14-15H2,1-5H3,(H,28,34)(H,29,33)/t21-/m1/s1. The Morgan fingerprint density at radius 3 is 2.54 bits per heavy atom. The lowest BCUT2D eigenvalue weighted by atomic mass is 10.0. The number of anilines is 1. The van der Waals surface area contributed by atoms with E-state index in [0.29, 0.717) is 33.9 Å². The van der Waals surface area contributed by atoms with Gasteiger partial charge in [0.25, 0.3) is 5.91 Å². The van der Waals surface area contributed by atoms with E-state index < -0.39 is 0 Å². The lowest BCUT2D eigenvalue weighted by Gasteiger charge is -2.20. The predicted molar refractivity (Wildman–Crippen MR) is 142 cm³/mol. The molecule has 0 aliphatic rings. The number of para-hydroxylation sites is 1. The molecule has 2 N–H and O–H groups in total. The van der Waals surface area contributed by atoms with E-state index in [0.717, 1.165) is 23.2 Å². The second kappa shape index (κ2) is 12.2. The molecular formula is C26H32ClN5O2S. The first-order valence-electron chi connectivity index (χ1n) is 11.7. The summed E-state index contributed by atoms with van der Waals surface area (Å²) < 4.78 is 1.84. The van der Waals surface area contributed by atoms with Crippen LogP contribution in [-0.4, -0.2) is 32.3 Å². The highest BCUT2D eigenvalue weighted by Crippen LogP contribution is 2.26. The molecule has 9 heteroatoms. The zero-order valence-electron chi connectivity index (χ0n) is 20.8. The van der Waals surface area contributed by atoms with Crippen LogP contribution in [0, 0.1) is 12.8 Å². The summed E-state index contributed by atoms with van der Waals surface area (Å²) in [6.45, 7) is 8.23. The minimum Gasteiger partial charge on any atom is -0.342 e. The van der Waals surface area contributed by atoms with Gasteiger partial charge in [0.05, 0.1) is 22.4 Å². The maximum Gasteiger partial charge on any atom is 0.253 e. The minimum absolute atomic E-state index is 0.102. The Morgan fingerprint density at radius 1 is 1.11 bits per heavy atom. The van der Waals surface area contributed by atoms with E-state index in [-0.39, 0.29) is 23.6 Å². The van der Waals surface area contributed by atoms with Crippen LogP contribution in [0.5, 0.6) is 0 Å². The number of aromatic nitrogens is 3. The Hall–Kier alpha value is -2.84. The fraction of sp³-hybridized carbons (Fsp3) is 0.385. The van der Waals surface area contributed by atoms with Gasteiger partial charge in [-0.25, -0.2) is 0 Å². The number of hydrogen-bond acceptors (Lipinski definition) is 5. The van der Waals surface area contributed by atoms with E-state index in [9.17, 15) is 9.59 Å². The average molecular weight is 514 g/mol. The van der Waals surface area contributed by atoms with Crippen LogP contribution in [0.15, 0.2) is 47.6 Å². The fourth-order valence-corrected chi connectivity index (χ4v) is 4.78. The van der Waals surface area contributed by atoms with Crippen molar-refractivity contribution in [1.29, 1.82) is 0 Å². The number of benzene rings is 2. The molecule has 1 heterocycles. The van der Waals surface area contributed by atoms with Crippen molar-refractivity contribution in [2.75, 3.05) is 11.1 Å². The van der Waals surface area contributed by atoms with E-state index in [1.807, 2.05) is 36.7 Å². The molecule has 0 bridgehead atoms. The highest BCUT2D eigenvalue weighted by Gasteiger charge is 2.24. The molecule has 2 amide bonds. The van der Waals surface area contributed by atoms with Crippen molar-refractivity contribution >= 4 is 40.9 Å². The molecule has 0 saturated heterocycles. The molecule has 186 valence electrons. The molecule has 0 unspecified atom stereocenters. The van der Waals surface area contributed by atoms with Crippen molar-refractivity contribution in [3.8, 4) is 0 Å². The largest absolute Gasteiger partial charge is 0.342 e. The fourth-order valence-electron chi connectivity index (χ4n) is 3.84. The molecule has 0 radical (unpaired) electrons. The summed E-state index contributed by atoms with van der Waals surface area (Å²) in [6, 6.07) is 12.6. The lowest BCUT2D eigenvalue weighted by molar-refractivity contribution is -0.113. The number of nitrogens with zero attached hydrogens (tertiary/aromatic N) is 3. The predicted octanol–water partition coefficient (Wildman–Crippen LogP) is 5.59. The molecule has 0 fully saturated rings. The Balaban J connectivity index is 1.71. The first-order chi connectivity index (χ1) is 16.7. The van der Waals surface area contributed by atoms with Gasteiger partial charge in [0.15, 0.2) is 11.0 Å². The highest BCUT2D eigenvalue weighted by molar-refractivity contribution is 7.99. The van der Waals surface area contributed by atoms with Crippen molar-refractivity contribution in [2.45, 2.75) is 51.7 Å². The second-order valence-corrected chi connectivity index (χ2v) is 10.2. The van der Waals surface area contributed by atoms with Crippen molar-refractivity contribution in [3.05, 3.63) is 70.0 Å². The molecular weight excluding hydrogens is 482 g/mol. The van der Waals surface area contributed by atoms with Gasteiger partial charge in [-0.1, -0.05) is 74.5 Å². The van der Waals surface area contributed by atoms with Gasteiger partial charge in [-0.2, -0.15) is 0 Å². The van der Waals surface area contributed by atoms with Crippen LogP contribution in [0.4, 0.5) is 5.69 Å². The monoisotopic (exact) mass is 513 g/mol. The minimum atomic E-state index is -0.349. The quantitative estimate of drug-likeness (QED) is 0.345. The molecule has 7 nitrogen and oxygen atoms in total. The Bertz CT molecular complexity index is 1190. The van der Waals surface area contributed by atoms with E-state index in [2.05, 4.69) is 41.6 Å². The SMILES string of the molecule is CCc1cccc(C)c1NC(=O)CSc1nnc([C@@H](CC(C)C)NC(=O)c2ccccc2Cl)n1C. The Kier molecular flexibility index (Phi) is 9.34. The van der Waals surface area contributed by atoms with E-state index in [1.54, 1.807) is 24.3 Å². The first kappa shape index (κ1) is 26.8. The summed E-state index contributed by atoms with van der Waals surface area (Å²) in [5, 5.41) is 15.7. The Labute approximate surface area is 216 Å². The first-order valence-corrected chi connectivity index (χ1v) is 13.0. The van der Waals surface area contributed by atoms with Gasteiger partial charge >= 0.3 is 0 Å².